The Kier molecular flexibility index (Phi) is 32.8. The van der Waals surface area contributed by atoms with E-state index >= 15 is 9.59 Å². The number of hydrogen-bond donors (Lipinski definition) is 0. The summed E-state index contributed by atoms with van der Waals surface area (Å²) in [7, 11) is 0. The molecule has 0 fully saturated rings. The fraction of sp³-hybridized carbons (Fsp3) is 0.839. The number of ketones is 2. The molecule has 14 heteroatoms. The van der Waals surface area contributed by atoms with E-state index in [-0.39, 0.29) is 38.0 Å². The molecule has 0 bridgehead atoms. The Labute approximate surface area is 469 Å². The quantitative estimate of drug-likeness (QED) is 0.0463. The summed E-state index contributed by atoms with van der Waals surface area (Å²) in [6, 6.07) is 0. The van der Waals surface area contributed by atoms with E-state index in [9.17, 15) is 0 Å². The Bertz CT molecular complexity index is 1670. The number of Topliss-reactive ketones (excluding diaryl/α,β-unsaturated/α-hetero) is 2. The lowest BCUT2D eigenvalue weighted by atomic mass is 9.91. The lowest BCUT2D eigenvalue weighted by molar-refractivity contribution is -0.0717. The van der Waals surface area contributed by atoms with Crippen molar-refractivity contribution in [1.82, 2.24) is 0 Å². The molecule has 0 N–H and O–H groups in total. The fourth-order valence-corrected chi connectivity index (χ4v) is 11.6. The van der Waals surface area contributed by atoms with E-state index < -0.39 is 23.0 Å². The van der Waals surface area contributed by atoms with E-state index in [4.69, 9.17) is 47.4 Å². The molecule has 4 heterocycles. The van der Waals surface area contributed by atoms with Crippen LogP contribution in [0, 0.1) is 34.5 Å². The Morgan fingerprint density at radius 3 is 1.01 bits per heavy atom. The number of ether oxygens (including phenoxy) is 10. The van der Waals surface area contributed by atoms with E-state index in [2.05, 4.69) is 69.2 Å². The van der Waals surface area contributed by atoms with Gasteiger partial charge in [-0.3, -0.25) is 9.59 Å². The molecular formula is C62H106O12S2. The van der Waals surface area contributed by atoms with Gasteiger partial charge >= 0.3 is 0 Å². The lowest BCUT2D eigenvalue weighted by Gasteiger charge is -2.32. The number of unbranched alkanes of at least 4 members (excludes halogenated alkanes) is 6. The monoisotopic (exact) mass is 1110 g/mol. The van der Waals surface area contributed by atoms with Crippen molar-refractivity contribution in [3.63, 3.8) is 0 Å². The summed E-state index contributed by atoms with van der Waals surface area (Å²) in [5.74, 6) is 2.83. The maximum atomic E-state index is 15.3. The van der Waals surface area contributed by atoms with Gasteiger partial charge in [-0.05, 0) is 62.2 Å². The summed E-state index contributed by atoms with van der Waals surface area (Å²) in [5.41, 5.74) is -1.23. The zero-order valence-electron chi connectivity index (χ0n) is 49.4. The van der Waals surface area contributed by atoms with Crippen LogP contribution in [0.15, 0.2) is 10.8 Å². The molecule has 6 atom stereocenters. The molecule has 2 aliphatic heterocycles. The second-order valence-electron chi connectivity index (χ2n) is 22.4. The topological polar surface area (TPSA) is 126 Å². The SMILES string of the molecule is CCCCOC(C(=O)c1scc2c1OCC(COCC(CC)CCCC)(COCC(CC)CCCC)CO2)C(OCCCC)C(=O)c1scc2c1OCC(COCC(CC)CCCC)(COCC(CC)CCCC)CO2. The minimum absolute atomic E-state index is 0.234. The van der Waals surface area contributed by atoms with Crippen molar-refractivity contribution in [1.29, 1.82) is 0 Å². The standard InChI is InChI=1S/C62H106O12S2/c1-11-21-27-47(17-7)33-65-39-61(40-66-34-48(18-8)28-22-12-2)43-71-51-37-75-59(55(51)73-45-61)53(63)57(69-31-25-15-5)58(70-32-26-16-6)54(64)60-56-52(38-76-60)72-44-62(46-74-56,41-67-35-49(19-9)29-23-13-3)42-68-36-50(20-10)30-24-14-4/h37-38,47-50,57-58H,11-36,39-46H2,1-10H3. The molecule has 4 rings (SSSR count). The van der Waals surface area contributed by atoms with Crippen molar-refractivity contribution in [2.75, 3.05) is 92.5 Å². The first kappa shape index (κ1) is 66.2. The molecule has 6 unspecified atom stereocenters. The highest BCUT2D eigenvalue weighted by atomic mass is 32.1. The van der Waals surface area contributed by atoms with Gasteiger partial charge in [-0.25, -0.2) is 0 Å². The van der Waals surface area contributed by atoms with Crippen LogP contribution in [0.3, 0.4) is 0 Å². The molecule has 0 radical (unpaired) electrons. The van der Waals surface area contributed by atoms with Crippen LogP contribution in [0.25, 0.3) is 0 Å². The molecule has 2 aliphatic rings. The van der Waals surface area contributed by atoms with Gasteiger partial charge in [0.2, 0.25) is 11.6 Å². The molecular weight excluding hydrogens is 1000 g/mol. The van der Waals surface area contributed by atoms with Crippen LogP contribution in [0.1, 0.15) is 217 Å². The van der Waals surface area contributed by atoms with Gasteiger partial charge in [-0.1, -0.05) is 159 Å². The average molecular weight is 1110 g/mol. The van der Waals surface area contributed by atoms with Crippen LogP contribution in [0.4, 0.5) is 0 Å². The maximum Gasteiger partial charge on any atom is 0.208 e. The Morgan fingerprint density at radius 1 is 0.447 bits per heavy atom. The molecule has 0 aromatic carbocycles. The van der Waals surface area contributed by atoms with Crippen LogP contribution in [-0.4, -0.2) is 116 Å². The van der Waals surface area contributed by atoms with Crippen LogP contribution in [0.5, 0.6) is 23.0 Å². The Balaban J connectivity index is 1.63. The highest BCUT2D eigenvalue weighted by molar-refractivity contribution is 7.13. The normalized spacial score (nSPS) is 19.9. The molecule has 2 aromatic heterocycles. The number of thiophene rings is 2. The smallest absolute Gasteiger partial charge is 0.208 e. The highest BCUT2D eigenvalue weighted by Gasteiger charge is 2.45. The summed E-state index contributed by atoms with van der Waals surface area (Å²) >= 11 is 2.49. The fourth-order valence-electron chi connectivity index (χ4n) is 9.82. The minimum Gasteiger partial charge on any atom is -0.488 e. The second-order valence-corrected chi connectivity index (χ2v) is 24.2. The van der Waals surface area contributed by atoms with E-state index in [1.54, 1.807) is 0 Å². The van der Waals surface area contributed by atoms with Gasteiger partial charge in [0.15, 0.2) is 35.2 Å². The molecule has 12 nitrogen and oxygen atoms in total. The first-order valence-corrected chi connectivity index (χ1v) is 32.2. The second kappa shape index (κ2) is 37.6. The van der Waals surface area contributed by atoms with E-state index in [0.717, 1.165) is 89.9 Å². The first-order chi connectivity index (χ1) is 37.0. The molecule has 438 valence electrons. The summed E-state index contributed by atoms with van der Waals surface area (Å²) in [6.45, 7) is 27.8. The Morgan fingerprint density at radius 2 is 0.737 bits per heavy atom. The summed E-state index contributed by atoms with van der Waals surface area (Å²) in [6.07, 6.45) is 18.6. The van der Waals surface area contributed by atoms with Crippen molar-refractivity contribution in [3.05, 3.63) is 20.5 Å². The predicted octanol–water partition coefficient (Wildman–Crippen LogP) is 15.7. The van der Waals surface area contributed by atoms with Crippen molar-refractivity contribution < 1.29 is 57.0 Å². The molecule has 0 aliphatic carbocycles. The zero-order chi connectivity index (χ0) is 55.0. The third kappa shape index (κ3) is 21.3. The number of carbonyl (C=O) groups excluding carboxylic acids is 2. The predicted molar refractivity (Wildman–Crippen MR) is 310 cm³/mol. The number of carbonyl (C=O) groups is 2. The van der Waals surface area contributed by atoms with Gasteiger partial charge in [0.05, 0.1) is 37.3 Å². The van der Waals surface area contributed by atoms with Crippen LogP contribution < -0.4 is 18.9 Å². The third-order valence-electron chi connectivity index (χ3n) is 15.6. The summed E-state index contributed by atoms with van der Waals surface area (Å²) in [5, 5.41) is 3.67. The van der Waals surface area contributed by atoms with Gasteiger partial charge < -0.3 is 47.4 Å². The minimum atomic E-state index is -1.27. The van der Waals surface area contributed by atoms with E-state index in [1.165, 1.54) is 48.4 Å². The van der Waals surface area contributed by atoms with E-state index in [0.29, 0.717) is 135 Å². The first-order valence-electron chi connectivity index (χ1n) is 30.4. The van der Waals surface area contributed by atoms with Gasteiger partial charge in [-0.2, -0.15) is 0 Å². The molecule has 76 heavy (non-hydrogen) atoms. The summed E-state index contributed by atoms with van der Waals surface area (Å²) in [4.78, 5) is 31.3. The van der Waals surface area contributed by atoms with Crippen LogP contribution in [-0.2, 0) is 28.4 Å². The molecule has 0 spiro atoms. The van der Waals surface area contributed by atoms with Crippen LogP contribution >= 0.6 is 22.7 Å². The number of hydrogen-bond acceptors (Lipinski definition) is 14. The van der Waals surface area contributed by atoms with Crippen molar-refractivity contribution in [2.24, 2.45) is 34.5 Å². The molecule has 0 saturated carbocycles. The number of fused-ring (bicyclic) bond motifs is 2. The number of rotatable bonds is 45. The molecule has 0 saturated heterocycles. The lowest BCUT2D eigenvalue weighted by Crippen LogP contribution is -2.44. The van der Waals surface area contributed by atoms with Gasteiger partial charge in [-0.15, -0.1) is 22.7 Å². The van der Waals surface area contributed by atoms with Crippen molar-refractivity contribution >= 4 is 34.2 Å². The van der Waals surface area contributed by atoms with Crippen molar-refractivity contribution in [2.45, 2.75) is 210 Å². The maximum absolute atomic E-state index is 15.3. The zero-order valence-corrected chi connectivity index (χ0v) is 51.0. The Hall–Kier alpha value is -2.30. The van der Waals surface area contributed by atoms with Crippen molar-refractivity contribution in [3.8, 4) is 23.0 Å². The molecule has 2 aromatic rings. The average Bonchev–Trinajstić information content (AvgIpc) is 3.95. The van der Waals surface area contributed by atoms with Crippen LogP contribution in [0.2, 0.25) is 0 Å². The van der Waals surface area contributed by atoms with E-state index in [1.807, 2.05) is 10.8 Å². The molecule has 0 amide bonds. The largest absolute Gasteiger partial charge is 0.488 e. The highest BCUT2D eigenvalue weighted by Crippen LogP contribution is 2.45. The van der Waals surface area contributed by atoms with Gasteiger partial charge in [0.25, 0.3) is 0 Å². The van der Waals surface area contributed by atoms with Gasteiger partial charge in [0.1, 0.15) is 36.2 Å². The third-order valence-corrected chi connectivity index (χ3v) is 17.5. The summed E-state index contributed by atoms with van der Waals surface area (Å²) < 4.78 is 66.0. The van der Waals surface area contributed by atoms with Gasteiger partial charge in [0, 0.05) is 50.4 Å².